The third kappa shape index (κ3) is 3.88. The Morgan fingerprint density at radius 3 is 1.00 bits per heavy atom. The molecule has 10 rings (SSSR count). The fraction of sp³-hybridized carbons (Fsp3) is 0. The van der Waals surface area contributed by atoms with Gasteiger partial charge in [-0.05, 0) is 60.7 Å². The average molecular weight is 623 g/mol. The molecule has 0 N–H and O–H groups in total. The van der Waals surface area contributed by atoms with Gasteiger partial charge in [-0.3, -0.25) is 0 Å². The van der Waals surface area contributed by atoms with E-state index in [0.717, 1.165) is 44.2 Å². The topological polar surface area (TPSA) is 14.8 Å². The first kappa shape index (κ1) is 29.2. The van der Waals surface area contributed by atoms with Gasteiger partial charge in [0.1, 0.15) is 39.2 Å². The molecular weight excluding hydrogens is 601 g/mol. The minimum atomic E-state index is 0.194. The third-order valence-electron chi connectivity index (χ3n) is 10.3. The number of nitrogens with zero attached hydrogens (tertiary/aromatic N) is 3. The molecular formula is C42H22B5N3. The van der Waals surface area contributed by atoms with Crippen LogP contribution in [0.15, 0.2) is 133 Å². The second-order valence-corrected chi connectivity index (χ2v) is 12.9. The van der Waals surface area contributed by atoms with E-state index < -0.39 is 0 Å². The predicted octanol–water partition coefficient (Wildman–Crippen LogP) is 4.95. The fourth-order valence-corrected chi connectivity index (χ4v) is 8.00. The molecule has 0 saturated carbocycles. The van der Waals surface area contributed by atoms with E-state index in [2.05, 4.69) is 124 Å². The van der Waals surface area contributed by atoms with Gasteiger partial charge >= 0.3 is 0 Å². The Labute approximate surface area is 295 Å². The van der Waals surface area contributed by atoms with Crippen LogP contribution in [0.4, 0.5) is 0 Å². The van der Waals surface area contributed by atoms with Crippen molar-refractivity contribution < 1.29 is 0 Å². The zero-order valence-electron chi connectivity index (χ0n) is 26.9. The molecule has 50 heavy (non-hydrogen) atoms. The summed E-state index contributed by atoms with van der Waals surface area (Å²) >= 11 is 0. The number of rotatable bonds is 3. The lowest BCUT2D eigenvalue weighted by molar-refractivity contribution is 1.16. The summed E-state index contributed by atoms with van der Waals surface area (Å²) in [5.41, 5.74) is 10.4. The minimum Gasteiger partial charge on any atom is -0.310 e. The van der Waals surface area contributed by atoms with Crippen molar-refractivity contribution in [3.63, 3.8) is 0 Å². The summed E-state index contributed by atoms with van der Waals surface area (Å²) in [7, 11) is 32.0. The van der Waals surface area contributed by atoms with Crippen molar-refractivity contribution in [3.8, 4) is 17.1 Å². The molecule has 0 amide bonds. The van der Waals surface area contributed by atoms with Crippen LogP contribution in [0.2, 0.25) is 0 Å². The lowest BCUT2D eigenvalue weighted by atomic mass is 9.61. The molecule has 0 saturated heterocycles. The van der Waals surface area contributed by atoms with E-state index in [1.54, 1.807) is 0 Å². The van der Waals surface area contributed by atoms with Crippen molar-refractivity contribution in [2.75, 3.05) is 0 Å². The summed E-state index contributed by atoms with van der Waals surface area (Å²) in [5, 5.41) is 6.93. The van der Waals surface area contributed by atoms with Crippen molar-refractivity contribution in [2.24, 2.45) is 0 Å². The Kier molecular flexibility index (Phi) is 6.21. The lowest BCUT2D eigenvalue weighted by Crippen LogP contribution is -2.56. The van der Waals surface area contributed by atoms with E-state index in [4.69, 9.17) is 39.2 Å². The Hall–Kier alpha value is -5.74. The number of aromatic nitrogens is 3. The van der Waals surface area contributed by atoms with Crippen molar-refractivity contribution in [1.29, 1.82) is 0 Å². The third-order valence-corrected chi connectivity index (χ3v) is 10.3. The highest BCUT2D eigenvalue weighted by Gasteiger charge is 2.20. The van der Waals surface area contributed by atoms with Crippen LogP contribution < -0.4 is 27.3 Å². The first-order valence-electron chi connectivity index (χ1n) is 16.5. The average Bonchev–Trinajstić information content (AvgIpc) is 3.79. The van der Waals surface area contributed by atoms with Gasteiger partial charge in [-0.2, -0.15) is 0 Å². The van der Waals surface area contributed by atoms with Gasteiger partial charge in [-0.15, -0.1) is 16.4 Å². The van der Waals surface area contributed by atoms with Gasteiger partial charge in [0.15, 0.2) is 0 Å². The maximum atomic E-state index is 6.60. The van der Waals surface area contributed by atoms with E-state index in [0.29, 0.717) is 16.6 Å². The molecule has 3 heterocycles. The van der Waals surface area contributed by atoms with Gasteiger partial charge in [0.2, 0.25) is 0 Å². The number of benzene rings is 7. The Morgan fingerprint density at radius 2 is 0.580 bits per heavy atom. The van der Waals surface area contributed by atoms with Gasteiger partial charge < -0.3 is 13.7 Å². The minimum absolute atomic E-state index is 0.194. The molecule has 10 radical (unpaired) electrons. The molecule has 0 aliphatic rings. The first-order chi connectivity index (χ1) is 24.4. The molecule has 10 aromatic rings. The Bertz CT molecular complexity index is 2970. The van der Waals surface area contributed by atoms with Gasteiger partial charge in [0.25, 0.3) is 0 Å². The van der Waals surface area contributed by atoms with Crippen molar-refractivity contribution >= 4 is 132 Å². The van der Waals surface area contributed by atoms with Crippen LogP contribution in [0.3, 0.4) is 0 Å². The van der Waals surface area contributed by atoms with E-state index >= 15 is 0 Å². The Balaban J connectivity index is 1.23. The number of hydrogen-bond donors (Lipinski definition) is 0. The molecule has 0 unspecified atom stereocenters. The van der Waals surface area contributed by atoms with Crippen molar-refractivity contribution in [2.45, 2.75) is 0 Å². The monoisotopic (exact) mass is 623 g/mol. The summed E-state index contributed by atoms with van der Waals surface area (Å²) in [6.45, 7) is 0. The largest absolute Gasteiger partial charge is 0.310 e. The summed E-state index contributed by atoms with van der Waals surface area (Å²) in [5.74, 6) is 0. The molecule has 220 valence electrons. The molecule has 0 atom stereocenters. The maximum absolute atomic E-state index is 6.60. The summed E-state index contributed by atoms with van der Waals surface area (Å²) < 4.78 is 6.74. The highest BCUT2D eigenvalue weighted by atomic mass is 15.0. The van der Waals surface area contributed by atoms with Crippen LogP contribution in [0, 0.1) is 0 Å². The quantitative estimate of drug-likeness (QED) is 0.248. The van der Waals surface area contributed by atoms with Gasteiger partial charge in [0, 0.05) is 49.4 Å². The highest BCUT2D eigenvalue weighted by Crippen LogP contribution is 2.38. The summed E-state index contributed by atoms with van der Waals surface area (Å²) in [4.78, 5) is 0. The van der Waals surface area contributed by atoms with Crippen LogP contribution in [-0.4, -0.2) is 52.9 Å². The molecule has 0 aliphatic heterocycles. The molecule has 3 aromatic heterocycles. The summed E-state index contributed by atoms with van der Waals surface area (Å²) in [6.07, 6.45) is 0. The normalized spacial score (nSPS) is 12.0. The highest BCUT2D eigenvalue weighted by molar-refractivity contribution is 6.68. The molecule has 0 spiro atoms. The maximum Gasteiger partial charge on any atom is 0.115 e. The van der Waals surface area contributed by atoms with Crippen LogP contribution in [0.1, 0.15) is 0 Å². The van der Waals surface area contributed by atoms with E-state index in [9.17, 15) is 0 Å². The molecule has 8 heteroatoms. The molecule has 0 fully saturated rings. The van der Waals surface area contributed by atoms with E-state index in [-0.39, 0.29) is 16.4 Å². The van der Waals surface area contributed by atoms with Crippen LogP contribution in [0.25, 0.3) is 82.5 Å². The lowest BCUT2D eigenvalue weighted by Gasteiger charge is -2.23. The van der Waals surface area contributed by atoms with Gasteiger partial charge in [-0.1, -0.05) is 83.7 Å². The fourth-order valence-electron chi connectivity index (χ4n) is 8.00. The van der Waals surface area contributed by atoms with Crippen LogP contribution >= 0.6 is 0 Å². The number of para-hydroxylation sites is 4. The predicted molar refractivity (Wildman–Crippen MR) is 216 cm³/mol. The Morgan fingerprint density at radius 1 is 0.280 bits per heavy atom. The van der Waals surface area contributed by atoms with Gasteiger partial charge in [-0.25, -0.2) is 0 Å². The van der Waals surface area contributed by atoms with Crippen LogP contribution in [-0.2, 0) is 0 Å². The zero-order valence-corrected chi connectivity index (χ0v) is 26.9. The number of fused-ring (bicyclic) bond motifs is 9. The molecule has 0 aliphatic carbocycles. The standard InChI is InChI=1S/C42H22B5N3/c43-37-38(44)40(46)42(41(47)39(37)45)50-34-16-8-4-12-28(34)30-22-24(18-20-36(30)50)49-33-15-7-3-11-27(33)29-21-23(17-19-35(29)49)48-31-13-5-1-9-25(31)26-10-2-6-14-32(26)48/h1-22H. The molecule has 7 aromatic carbocycles. The first-order valence-corrected chi connectivity index (χ1v) is 16.5. The molecule has 3 nitrogen and oxygen atoms in total. The van der Waals surface area contributed by atoms with E-state index in [1.165, 1.54) is 32.6 Å². The SMILES string of the molecule is [B]c1c([B])c([B])c(-n2c3ccccc3c3cc(-n4c5ccccc5c5cc(-n6c7ccccc7c7ccccc76)ccc54)ccc32)c([B])c1[B]. The van der Waals surface area contributed by atoms with Crippen molar-refractivity contribution in [1.82, 2.24) is 13.7 Å². The zero-order chi connectivity index (χ0) is 33.8. The smallest absolute Gasteiger partial charge is 0.115 e. The second-order valence-electron chi connectivity index (χ2n) is 12.9. The van der Waals surface area contributed by atoms with E-state index in [1.807, 2.05) is 22.8 Å². The summed E-state index contributed by atoms with van der Waals surface area (Å²) in [6, 6.07) is 47.3. The number of hydrogen-bond acceptors (Lipinski definition) is 0. The second kappa shape index (κ2) is 10.6. The van der Waals surface area contributed by atoms with Crippen LogP contribution in [0.5, 0.6) is 0 Å². The molecule has 0 bridgehead atoms. The van der Waals surface area contributed by atoms with Gasteiger partial charge in [0.05, 0.1) is 33.1 Å². The van der Waals surface area contributed by atoms with Crippen molar-refractivity contribution in [3.05, 3.63) is 133 Å².